The van der Waals surface area contributed by atoms with E-state index in [9.17, 15) is 4.79 Å². The summed E-state index contributed by atoms with van der Waals surface area (Å²) in [5.41, 5.74) is 1.55. The molecule has 0 spiro atoms. The zero-order valence-electron chi connectivity index (χ0n) is 13.1. The molecule has 3 heterocycles. The van der Waals surface area contributed by atoms with Crippen molar-refractivity contribution in [3.05, 3.63) is 64.2 Å². The van der Waals surface area contributed by atoms with Crippen LogP contribution in [0.2, 0.25) is 5.02 Å². The van der Waals surface area contributed by atoms with Crippen LogP contribution in [0.1, 0.15) is 0 Å². The second-order valence-corrected chi connectivity index (χ2v) is 6.94. The quantitative estimate of drug-likeness (QED) is 0.574. The van der Waals surface area contributed by atoms with E-state index in [1.54, 1.807) is 29.1 Å². The van der Waals surface area contributed by atoms with Crippen LogP contribution in [0.25, 0.3) is 26.0 Å². The Labute approximate surface area is 152 Å². The summed E-state index contributed by atoms with van der Waals surface area (Å²) >= 11 is 7.30. The third-order valence-corrected chi connectivity index (χ3v) is 5.32. The van der Waals surface area contributed by atoms with Crippen molar-refractivity contribution in [2.75, 3.05) is 18.5 Å². The smallest absolute Gasteiger partial charge is 0.273 e. The van der Waals surface area contributed by atoms with Gasteiger partial charge in [-0.3, -0.25) is 9.36 Å². The van der Waals surface area contributed by atoms with Gasteiger partial charge in [0.25, 0.3) is 5.56 Å². The maximum Gasteiger partial charge on any atom is 0.273 e. The Morgan fingerprint density at radius 3 is 2.76 bits per heavy atom. The average Bonchev–Trinajstić information content (AvgIpc) is 3.01. The van der Waals surface area contributed by atoms with Gasteiger partial charge in [-0.1, -0.05) is 11.6 Å². The number of nitrogens with one attached hydrogen (secondary N) is 1. The molecule has 1 aromatic carbocycles. The van der Waals surface area contributed by atoms with Crippen LogP contribution in [0, 0.1) is 0 Å². The highest BCUT2D eigenvalue weighted by Crippen LogP contribution is 2.35. The third-order valence-electron chi connectivity index (χ3n) is 3.96. The van der Waals surface area contributed by atoms with Crippen LogP contribution in [0.3, 0.4) is 0 Å². The number of aliphatic hydroxyl groups excluding tert-OH is 1. The number of pyridine rings is 2. The highest BCUT2D eigenvalue weighted by atomic mass is 35.5. The Hall–Kier alpha value is -2.41. The van der Waals surface area contributed by atoms with Crippen LogP contribution < -0.4 is 10.9 Å². The minimum Gasteiger partial charge on any atom is -0.395 e. The normalized spacial score (nSPS) is 11.3. The second-order valence-electron chi connectivity index (χ2n) is 5.50. The molecule has 0 amide bonds. The summed E-state index contributed by atoms with van der Waals surface area (Å²) in [6.07, 6.45) is 3.47. The Bertz CT molecular complexity index is 1120. The van der Waals surface area contributed by atoms with E-state index in [1.165, 1.54) is 11.3 Å². The van der Waals surface area contributed by atoms with Crippen molar-refractivity contribution in [3.63, 3.8) is 0 Å². The lowest BCUT2D eigenvalue weighted by Crippen LogP contribution is -2.16. The minimum atomic E-state index is -0.0871. The molecule has 126 valence electrons. The van der Waals surface area contributed by atoms with E-state index in [-0.39, 0.29) is 12.2 Å². The Morgan fingerprint density at radius 2 is 2.00 bits per heavy atom. The molecule has 7 heteroatoms. The Balaban J connectivity index is 1.95. The standard InChI is InChI=1S/C18H14ClN3O2S/c19-11-1-3-12(4-2-11)22-9-6-13-15-14(20-8-10-23)5-7-21-17(15)25-16(13)18(22)24/h1-7,9,23H,8,10H2,(H,20,21). The summed E-state index contributed by atoms with van der Waals surface area (Å²) < 4.78 is 2.26. The molecule has 0 radical (unpaired) electrons. The molecule has 25 heavy (non-hydrogen) atoms. The van der Waals surface area contributed by atoms with Gasteiger partial charge in [-0.25, -0.2) is 4.98 Å². The number of thiophene rings is 1. The van der Waals surface area contributed by atoms with Crippen LogP contribution in [0.4, 0.5) is 5.69 Å². The molecule has 4 rings (SSSR count). The van der Waals surface area contributed by atoms with Gasteiger partial charge in [0.2, 0.25) is 0 Å². The molecule has 0 saturated carbocycles. The van der Waals surface area contributed by atoms with Crippen molar-refractivity contribution >= 4 is 48.9 Å². The number of aliphatic hydroxyl groups is 1. The van der Waals surface area contributed by atoms with Gasteiger partial charge in [-0.05, 0) is 36.4 Å². The van der Waals surface area contributed by atoms with Crippen LogP contribution in [-0.2, 0) is 0 Å². The van der Waals surface area contributed by atoms with Gasteiger partial charge in [0, 0.05) is 46.1 Å². The lowest BCUT2D eigenvalue weighted by Gasteiger charge is -2.07. The Kier molecular flexibility index (Phi) is 4.17. The molecule has 2 N–H and O–H groups in total. The molecule has 0 bridgehead atoms. The number of hydrogen-bond donors (Lipinski definition) is 2. The first-order valence-corrected chi connectivity index (χ1v) is 8.92. The third kappa shape index (κ3) is 2.78. The summed E-state index contributed by atoms with van der Waals surface area (Å²) in [6, 6.07) is 10.9. The van der Waals surface area contributed by atoms with Gasteiger partial charge in [0.05, 0.1) is 6.61 Å². The van der Waals surface area contributed by atoms with Crippen LogP contribution in [0.5, 0.6) is 0 Å². The van der Waals surface area contributed by atoms with E-state index in [2.05, 4.69) is 10.3 Å². The number of benzene rings is 1. The van der Waals surface area contributed by atoms with Crippen LogP contribution in [-0.4, -0.2) is 27.8 Å². The summed E-state index contributed by atoms with van der Waals surface area (Å²) in [7, 11) is 0. The van der Waals surface area contributed by atoms with E-state index < -0.39 is 0 Å². The first-order valence-electron chi connectivity index (χ1n) is 7.72. The largest absolute Gasteiger partial charge is 0.395 e. The number of halogens is 1. The van der Waals surface area contributed by atoms with Crippen molar-refractivity contribution < 1.29 is 5.11 Å². The number of hydrogen-bond acceptors (Lipinski definition) is 5. The molecule has 0 fully saturated rings. The first kappa shape index (κ1) is 16.1. The maximum absolute atomic E-state index is 13.0. The lowest BCUT2D eigenvalue weighted by atomic mass is 10.2. The fourth-order valence-corrected chi connectivity index (χ4v) is 4.05. The average molecular weight is 372 g/mol. The number of anilines is 1. The summed E-state index contributed by atoms with van der Waals surface area (Å²) in [6.45, 7) is 0.480. The fourth-order valence-electron chi connectivity index (χ4n) is 2.83. The van der Waals surface area contributed by atoms with Gasteiger partial charge >= 0.3 is 0 Å². The van der Waals surface area contributed by atoms with Crippen LogP contribution in [0.15, 0.2) is 53.6 Å². The zero-order chi connectivity index (χ0) is 17.4. The van der Waals surface area contributed by atoms with Gasteiger partial charge < -0.3 is 10.4 Å². The molecule has 0 aliphatic rings. The summed E-state index contributed by atoms with van der Waals surface area (Å²) in [5.74, 6) is 0. The Morgan fingerprint density at radius 1 is 1.20 bits per heavy atom. The van der Waals surface area contributed by atoms with Crippen LogP contribution >= 0.6 is 22.9 Å². The highest BCUT2D eigenvalue weighted by Gasteiger charge is 2.14. The van der Waals surface area contributed by atoms with Gasteiger partial charge in [-0.2, -0.15) is 0 Å². The van der Waals surface area contributed by atoms with E-state index in [1.807, 2.05) is 24.3 Å². The molecule has 5 nitrogen and oxygen atoms in total. The molecule has 0 atom stereocenters. The second kappa shape index (κ2) is 6.48. The molecule has 4 aromatic rings. The van der Waals surface area contributed by atoms with E-state index >= 15 is 0 Å². The van der Waals surface area contributed by atoms with Gasteiger partial charge in [-0.15, -0.1) is 11.3 Å². The fraction of sp³-hybridized carbons (Fsp3) is 0.111. The zero-order valence-corrected chi connectivity index (χ0v) is 14.6. The van der Waals surface area contributed by atoms with Gasteiger partial charge in [0.15, 0.2) is 0 Å². The molecule has 0 aliphatic carbocycles. The highest BCUT2D eigenvalue weighted by molar-refractivity contribution is 7.25. The monoisotopic (exact) mass is 371 g/mol. The van der Waals surface area contributed by atoms with Crippen molar-refractivity contribution in [2.45, 2.75) is 0 Å². The maximum atomic E-state index is 13.0. The number of nitrogens with zero attached hydrogens (tertiary/aromatic N) is 2. The molecule has 0 aliphatic heterocycles. The lowest BCUT2D eigenvalue weighted by molar-refractivity contribution is 0.311. The van der Waals surface area contributed by atoms with Crippen molar-refractivity contribution in [3.8, 4) is 5.69 Å². The molecular formula is C18H14ClN3O2S. The number of fused-ring (bicyclic) bond motifs is 3. The number of aromatic nitrogens is 2. The van der Waals surface area contributed by atoms with E-state index in [0.29, 0.717) is 16.3 Å². The van der Waals surface area contributed by atoms with E-state index in [0.717, 1.165) is 27.0 Å². The molecule has 0 unspecified atom stereocenters. The molecular weight excluding hydrogens is 358 g/mol. The van der Waals surface area contributed by atoms with Crippen molar-refractivity contribution in [1.82, 2.24) is 9.55 Å². The minimum absolute atomic E-state index is 0.0370. The van der Waals surface area contributed by atoms with E-state index in [4.69, 9.17) is 16.7 Å². The number of rotatable bonds is 4. The predicted octanol–water partition coefficient (Wildman–Crippen LogP) is 3.66. The topological polar surface area (TPSA) is 67.2 Å². The molecule has 0 saturated heterocycles. The van der Waals surface area contributed by atoms with Gasteiger partial charge in [0.1, 0.15) is 9.53 Å². The van der Waals surface area contributed by atoms with Crippen molar-refractivity contribution in [1.29, 1.82) is 0 Å². The predicted molar refractivity (Wildman–Crippen MR) is 103 cm³/mol. The SMILES string of the molecule is O=c1c2sc3nccc(NCCO)c3c2ccn1-c1ccc(Cl)cc1. The summed E-state index contributed by atoms with van der Waals surface area (Å²) in [4.78, 5) is 18.1. The first-order chi connectivity index (χ1) is 12.2. The summed E-state index contributed by atoms with van der Waals surface area (Å²) in [5, 5.41) is 14.6. The van der Waals surface area contributed by atoms with Crippen molar-refractivity contribution in [2.24, 2.45) is 0 Å². The molecule has 3 aromatic heterocycles.